The van der Waals surface area contributed by atoms with Crippen molar-refractivity contribution in [2.75, 3.05) is 0 Å². The molecule has 2 N–H and O–H groups in total. The highest BCUT2D eigenvalue weighted by molar-refractivity contribution is 7.89. The van der Waals surface area contributed by atoms with E-state index in [1.54, 1.807) is 25.1 Å². The van der Waals surface area contributed by atoms with Gasteiger partial charge in [0.25, 0.3) is 0 Å². The molecular formula is C14H17N3O3S. The van der Waals surface area contributed by atoms with Crippen LogP contribution in [0.1, 0.15) is 22.4 Å². The fourth-order valence-electron chi connectivity index (χ4n) is 1.94. The molecule has 7 heteroatoms. The van der Waals surface area contributed by atoms with E-state index in [2.05, 4.69) is 14.9 Å². The van der Waals surface area contributed by atoms with Crippen LogP contribution in [0, 0.1) is 13.8 Å². The largest absolute Gasteiger partial charge is 0.392 e. The topological polar surface area (TPSA) is 92.2 Å². The summed E-state index contributed by atoms with van der Waals surface area (Å²) in [5, 5.41) is 16.7. The summed E-state index contributed by atoms with van der Waals surface area (Å²) in [5.41, 5.74) is 2.59. The highest BCUT2D eigenvalue weighted by Crippen LogP contribution is 2.21. The number of aliphatic hydroxyl groups excluding tert-OH is 1. The summed E-state index contributed by atoms with van der Waals surface area (Å²) >= 11 is 0. The minimum Gasteiger partial charge on any atom is -0.392 e. The highest BCUT2D eigenvalue weighted by Gasteiger charge is 2.18. The lowest BCUT2D eigenvalue weighted by Crippen LogP contribution is -2.25. The lowest BCUT2D eigenvalue weighted by atomic mass is 10.1. The van der Waals surface area contributed by atoms with E-state index in [1.165, 1.54) is 12.3 Å². The predicted molar refractivity (Wildman–Crippen MR) is 77.9 cm³/mol. The molecule has 0 saturated carbocycles. The number of sulfonamides is 1. The zero-order valence-electron chi connectivity index (χ0n) is 11.9. The molecule has 0 bridgehead atoms. The van der Waals surface area contributed by atoms with E-state index in [4.69, 9.17) is 0 Å². The average molecular weight is 307 g/mol. The number of hydrogen-bond acceptors (Lipinski definition) is 5. The lowest BCUT2D eigenvalue weighted by Gasteiger charge is -2.12. The molecule has 1 aromatic carbocycles. The van der Waals surface area contributed by atoms with Gasteiger partial charge in [0.2, 0.25) is 10.0 Å². The summed E-state index contributed by atoms with van der Waals surface area (Å²) < 4.78 is 27.3. The number of aromatic nitrogens is 2. The first-order valence-corrected chi connectivity index (χ1v) is 7.89. The summed E-state index contributed by atoms with van der Waals surface area (Å²) in [4.78, 5) is 0.176. The Morgan fingerprint density at radius 2 is 2.05 bits per heavy atom. The first-order chi connectivity index (χ1) is 9.94. The molecule has 1 aromatic heterocycles. The summed E-state index contributed by atoms with van der Waals surface area (Å²) in [6.45, 7) is 3.43. The van der Waals surface area contributed by atoms with Crippen LogP contribution in [0.15, 0.2) is 35.4 Å². The molecule has 6 nitrogen and oxygen atoms in total. The fourth-order valence-corrected chi connectivity index (χ4v) is 3.31. The maximum Gasteiger partial charge on any atom is 0.241 e. The zero-order valence-corrected chi connectivity index (χ0v) is 12.7. The molecule has 0 unspecified atom stereocenters. The summed E-state index contributed by atoms with van der Waals surface area (Å²) in [6.07, 6.45) is 1.52. The Morgan fingerprint density at radius 1 is 1.29 bits per heavy atom. The Morgan fingerprint density at radius 3 is 2.67 bits per heavy atom. The average Bonchev–Trinajstić information content (AvgIpc) is 2.48. The number of nitrogens with zero attached hydrogens (tertiary/aromatic N) is 2. The number of aliphatic hydroxyl groups is 1. The van der Waals surface area contributed by atoms with Gasteiger partial charge < -0.3 is 5.11 Å². The van der Waals surface area contributed by atoms with Crippen molar-refractivity contribution in [3.8, 4) is 0 Å². The van der Waals surface area contributed by atoms with Gasteiger partial charge in [-0.15, -0.1) is 0 Å². The Balaban J connectivity index is 2.29. The summed E-state index contributed by atoms with van der Waals surface area (Å²) in [6, 6.07) is 6.65. The van der Waals surface area contributed by atoms with Gasteiger partial charge in [0, 0.05) is 6.20 Å². The second-order valence-electron chi connectivity index (χ2n) is 4.73. The Labute approximate surface area is 123 Å². The molecule has 0 aliphatic rings. The smallest absolute Gasteiger partial charge is 0.241 e. The molecule has 0 aliphatic carbocycles. The maximum atomic E-state index is 12.4. The molecule has 0 atom stereocenters. The molecule has 2 aromatic rings. The summed E-state index contributed by atoms with van der Waals surface area (Å²) in [7, 11) is -3.67. The molecule has 0 aliphatic heterocycles. The van der Waals surface area contributed by atoms with Crippen LogP contribution in [0.5, 0.6) is 0 Å². The molecule has 21 heavy (non-hydrogen) atoms. The number of hydrogen-bond donors (Lipinski definition) is 2. The summed E-state index contributed by atoms with van der Waals surface area (Å²) in [5.74, 6) is 0. The van der Waals surface area contributed by atoms with Gasteiger partial charge in [-0.3, -0.25) is 0 Å². The maximum absolute atomic E-state index is 12.4. The third-order valence-corrected chi connectivity index (χ3v) is 4.75. The van der Waals surface area contributed by atoms with Crippen LogP contribution in [0.4, 0.5) is 0 Å². The molecule has 0 spiro atoms. The molecule has 0 saturated heterocycles. The van der Waals surface area contributed by atoms with Crippen LogP contribution in [-0.4, -0.2) is 23.7 Å². The minimum absolute atomic E-state index is 0.0675. The molecule has 112 valence electrons. The molecular weight excluding hydrogens is 290 g/mol. The van der Waals surface area contributed by atoms with E-state index in [0.717, 1.165) is 5.56 Å². The molecule has 0 fully saturated rings. The van der Waals surface area contributed by atoms with Gasteiger partial charge >= 0.3 is 0 Å². The number of aryl methyl sites for hydroxylation is 1. The second-order valence-corrected chi connectivity index (χ2v) is 6.47. The second kappa shape index (κ2) is 6.30. The molecule has 2 rings (SSSR count). The third-order valence-electron chi connectivity index (χ3n) is 3.22. The van der Waals surface area contributed by atoms with Crippen LogP contribution >= 0.6 is 0 Å². The van der Waals surface area contributed by atoms with Crippen LogP contribution in [-0.2, 0) is 23.2 Å². The molecule has 0 radical (unpaired) electrons. The van der Waals surface area contributed by atoms with Crippen molar-refractivity contribution in [3.05, 3.63) is 52.8 Å². The van der Waals surface area contributed by atoms with E-state index < -0.39 is 10.0 Å². The van der Waals surface area contributed by atoms with Gasteiger partial charge in [-0.25, -0.2) is 13.1 Å². The van der Waals surface area contributed by atoms with E-state index in [-0.39, 0.29) is 18.0 Å². The van der Waals surface area contributed by atoms with Crippen molar-refractivity contribution in [2.45, 2.75) is 31.9 Å². The van der Waals surface area contributed by atoms with Crippen LogP contribution in [0.3, 0.4) is 0 Å². The first kappa shape index (κ1) is 15.6. The van der Waals surface area contributed by atoms with Crippen LogP contribution in [0.25, 0.3) is 0 Å². The van der Waals surface area contributed by atoms with E-state index in [1.807, 2.05) is 6.92 Å². The van der Waals surface area contributed by atoms with Gasteiger partial charge in [0.1, 0.15) is 0 Å². The van der Waals surface area contributed by atoms with E-state index >= 15 is 0 Å². The zero-order chi connectivity index (χ0) is 15.5. The van der Waals surface area contributed by atoms with Crippen LogP contribution < -0.4 is 4.72 Å². The quantitative estimate of drug-likeness (QED) is 0.862. The van der Waals surface area contributed by atoms with E-state index in [9.17, 15) is 13.5 Å². The van der Waals surface area contributed by atoms with Gasteiger partial charge in [0.15, 0.2) is 0 Å². The highest BCUT2D eigenvalue weighted by atomic mass is 32.2. The molecule has 0 amide bonds. The Bertz CT molecular complexity index is 731. The third kappa shape index (κ3) is 3.63. The van der Waals surface area contributed by atoms with E-state index in [0.29, 0.717) is 16.8 Å². The van der Waals surface area contributed by atoms with Crippen molar-refractivity contribution < 1.29 is 13.5 Å². The van der Waals surface area contributed by atoms with Crippen molar-refractivity contribution in [2.24, 2.45) is 0 Å². The first-order valence-electron chi connectivity index (χ1n) is 6.41. The number of benzene rings is 1. The van der Waals surface area contributed by atoms with Crippen molar-refractivity contribution >= 4 is 10.0 Å². The standard InChI is InChI=1S/C14H17N3O3S/c1-10-6-12(9-18)7-14(11(10)2)21(19,20)16-8-13-4-3-5-15-17-13/h3-7,16,18H,8-9H2,1-2H3. The number of nitrogens with one attached hydrogen (secondary N) is 1. The van der Waals surface area contributed by atoms with Gasteiger partial charge in [-0.2, -0.15) is 10.2 Å². The fraction of sp³-hybridized carbons (Fsp3) is 0.286. The van der Waals surface area contributed by atoms with Crippen molar-refractivity contribution in [1.82, 2.24) is 14.9 Å². The van der Waals surface area contributed by atoms with Gasteiger partial charge in [0.05, 0.1) is 23.7 Å². The lowest BCUT2D eigenvalue weighted by molar-refractivity contribution is 0.281. The van der Waals surface area contributed by atoms with Crippen molar-refractivity contribution in [3.63, 3.8) is 0 Å². The van der Waals surface area contributed by atoms with Gasteiger partial charge in [-0.05, 0) is 48.7 Å². The molecule has 1 heterocycles. The Kier molecular flexibility index (Phi) is 4.66. The van der Waals surface area contributed by atoms with Crippen LogP contribution in [0.2, 0.25) is 0 Å². The minimum atomic E-state index is -3.67. The predicted octanol–water partition coefficient (Wildman–Crippen LogP) is 1.06. The normalized spacial score (nSPS) is 11.6. The van der Waals surface area contributed by atoms with Crippen molar-refractivity contribution in [1.29, 1.82) is 0 Å². The monoisotopic (exact) mass is 307 g/mol. The number of rotatable bonds is 5. The van der Waals surface area contributed by atoms with Gasteiger partial charge in [-0.1, -0.05) is 6.07 Å². The SMILES string of the molecule is Cc1cc(CO)cc(S(=O)(=O)NCc2cccnn2)c1C. The Hall–Kier alpha value is -1.83.